The van der Waals surface area contributed by atoms with Crippen molar-refractivity contribution in [2.45, 2.75) is 0 Å². The molecule has 1 aliphatic rings. The molecule has 0 spiro atoms. The van der Waals surface area contributed by atoms with Gasteiger partial charge in [0.15, 0.2) is 7.59 Å². The molecule has 1 nitrogen and oxygen atoms in total. The van der Waals surface area contributed by atoms with Crippen LogP contribution in [0.3, 0.4) is 0 Å². The maximum Gasteiger partial charge on any atom is 0.236 e. The van der Waals surface area contributed by atoms with E-state index >= 15 is 0 Å². The molecule has 0 aromatic rings. The van der Waals surface area contributed by atoms with Crippen LogP contribution in [0, 0.1) is 0 Å². The van der Waals surface area contributed by atoms with Crippen molar-refractivity contribution in [1.29, 1.82) is 0 Å². The molecule has 0 aliphatic carbocycles. The Kier molecular flexibility index (Phi) is 2.37. The van der Waals surface area contributed by atoms with E-state index in [0.29, 0.717) is 0 Å². The second kappa shape index (κ2) is 3.01. The second-order valence-electron chi connectivity index (χ2n) is 2.94. The third-order valence-corrected chi connectivity index (χ3v) is 16.0. The zero-order valence-electron chi connectivity index (χ0n) is 7.25. The van der Waals surface area contributed by atoms with E-state index in [2.05, 4.69) is 26.3 Å². The van der Waals surface area contributed by atoms with E-state index in [1.165, 1.54) is 0 Å². The Hall–Kier alpha value is -0.646. The van der Waals surface area contributed by atoms with Crippen LogP contribution in [0.4, 0.5) is 0 Å². The van der Waals surface area contributed by atoms with Crippen molar-refractivity contribution in [1.82, 2.24) is 0 Å². The van der Waals surface area contributed by atoms with Crippen LogP contribution in [0.25, 0.3) is 0 Å². The van der Waals surface area contributed by atoms with E-state index in [1.807, 2.05) is 22.8 Å². The number of hydrogen-bond acceptors (Lipinski definition) is 1. The largest absolute Gasteiger partial charge is 0.414 e. The molecule has 0 unspecified atom stereocenters. The molecule has 0 radical (unpaired) electrons. The first-order valence-electron chi connectivity index (χ1n) is 3.88. The Balaban J connectivity index is 3.07. The predicted molar refractivity (Wildman–Crippen MR) is 58.2 cm³/mol. The fourth-order valence-electron chi connectivity index (χ4n) is 1.51. The molecule has 1 fully saturated rings. The van der Waals surface area contributed by atoms with Gasteiger partial charge in [-0.2, -0.15) is 0 Å². The highest BCUT2D eigenvalue weighted by Gasteiger charge is 2.58. The van der Waals surface area contributed by atoms with E-state index < -0.39 is 15.4 Å². The lowest BCUT2D eigenvalue weighted by Crippen LogP contribution is -2.74. The Morgan fingerprint density at radius 1 is 0.917 bits per heavy atom. The molecule has 0 bridgehead atoms. The fraction of sp³-hybridized carbons (Fsp3) is 0.111. The third kappa shape index (κ3) is 0.872. The number of hydrogen-bond donors (Lipinski definition) is 0. The van der Waals surface area contributed by atoms with E-state index in [4.69, 9.17) is 4.43 Å². The third-order valence-electron chi connectivity index (χ3n) is 2.61. The summed E-state index contributed by atoms with van der Waals surface area (Å²) < 4.78 is 5.64. The molecule has 0 amide bonds. The highest BCUT2D eigenvalue weighted by molar-refractivity contribution is 7.50. The Morgan fingerprint density at radius 3 is 1.50 bits per heavy atom. The molecule has 1 aliphatic heterocycles. The van der Waals surface area contributed by atoms with Gasteiger partial charge in [-0.05, 0) is 0 Å². The maximum atomic E-state index is 5.64. The van der Waals surface area contributed by atoms with E-state index in [1.54, 1.807) is 0 Å². The normalized spacial score (nSPS) is 23.3. The summed E-state index contributed by atoms with van der Waals surface area (Å²) in [6.45, 7) is 15.4. The fourth-order valence-corrected chi connectivity index (χ4v) is 11.1. The molecular weight excluding hydrogens is 180 g/mol. The van der Waals surface area contributed by atoms with E-state index in [9.17, 15) is 0 Å². The maximum absolute atomic E-state index is 5.64. The summed E-state index contributed by atoms with van der Waals surface area (Å²) in [6, 6.07) is 0. The van der Waals surface area contributed by atoms with Crippen LogP contribution >= 0.6 is 0 Å². The van der Waals surface area contributed by atoms with Crippen molar-refractivity contribution in [3.63, 3.8) is 0 Å². The van der Waals surface area contributed by atoms with Crippen LogP contribution in [-0.4, -0.2) is 21.7 Å². The summed E-state index contributed by atoms with van der Waals surface area (Å²) in [5, 5.41) is 0. The average Bonchev–Trinajstić information content (AvgIpc) is 2.08. The molecule has 0 N–H and O–H groups in total. The summed E-state index contributed by atoms with van der Waals surface area (Å²) in [5.74, 6) is 0. The van der Waals surface area contributed by atoms with Crippen molar-refractivity contribution in [2.24, 2.45) is 0 Å². The van der Waals surface area contributed by atoms with Crippen molar-refractivity contribution < 1.29 is 4.43 Å². The lowest BCUT2D eigenvalue weighted by Gasteiger charge is -2.49. The van der Waals surface area contributed by atoms with Crippen LogP contribution < -0.4 is 0 Å². The van der Waals surface area contributed by atoms with Crippen LogP contribution in [0.2, 0.25) is 0 Å². The van der Waals surface area contributed by atoms with Crippen molar-refractivity contribution in [3.05, 3.63) is 49.1 Å². The molecule has 0 aromatic heterocycles. The molecule has 1 rings (SSSR count). The zero-order chi connectivity index (χ0) is 9.24. The minimum Gasteiger partial charge on any atom is -0.414 e. The van der Waals surface area contributed by atoms with Gasteiger partial charge >= 0.3 is 0 Å². The van der Waals surface area contributed by atoms with Crippen LogP contribution in [-0.2, 0) is 4.43 Å². The summed E-state index contributed by atoms with van der Waals surface area (Å²) in [5.41, 5.74) is 7.97. The predicted octanol–water partition coefficient (Wildman–Crippen LogP) is 1.93. The monoisotopic (exact) mass is 194 g/mol. The van der Waals surface area contributed by atoms with Gasteiger partial charge in [-0.25, -0.2) is 0 Å². The lowest BCUT2D eigenvalue weighted by atomic mass is 11.2. The quantitative estimate of drug-likeness (QED) is 0.621. The molecule has 0 atom stereocenters. The summed E-state index contributed by atoms with van der Waals surface area (Å²) in [7, 11) is -3.40. The number of rotatable bonds is 4. The van der Waals surface area contributed by atoms with Gasteiger partial charge in [0, 0.05) is 6.23 Å². The average molecular weight is 194 g/mol. The molecule has 0 saturated carbocycles. The smallest absolute Gasteiger partial charge is 0.236 e. The van der Waals surface area contributed by atoms with Gasteiger partial charge in [-0.3, -0.25) is 0 Å². The van der Waals surface area contributed by atoms with Crippen molar-refractivity contribution >= 4 is 15.4 Å². The van der Waals surface area contributed by atoms with Gasteiger partial charge in [0.2, 0.25) is 7.83 Å². The zero-order valence-corrected chi connectivity index (χ0v) is 9.25. The molecule has 1 heterocycles. The Labute approximate surface area is 75.7 Å². The van der Waals surface area contributed by atoms with Crippen LogP contribution in [0.15, 0.2) is 49.1 Å². The van der Waals surface area contributed by atoms with E-state index in [-0.39, 0.29) is 0 Å². The van der Waals surface area contributed by atoms with Gasteiger partial charge in [0.25, 0.3) is 0 Å². The SMILES string of the molecule is C=C[Si]1(C=C)CO[Si]1(C=C)C=C. The topological polar surface area (TPSA) is 9.23 Å². The molecule has 3 heteroatoms. The molecule has 1 saturated heterocycles. The molecular formula is C9H14OSi2. The van der Waals surface area contributed by atoms with Gasteiger partial charge in [-0.1, -0.05) is 22.8 Å². The van der Waals surface area contributed by atoms with Crippen molar-refractivity contribution in [2.75, 3.05) is 6.23 Å². The van der Waals surface area contributed by atoms with Crippen LogP contribution in [0.5, 0.6) is 0 Å². The Bertz CT molecular complexity index is 203. The lowest BCUT2D eigenvalue weighted by molar-refractivity contribution is 0.360. The summed E-state index contributed by atoms with van der Waals surface area (Å²) >= 11 is 0. The van der Waals surface area contributed by atoms with E-state index in [0.717, 1.165) is 6.23 Å². The second-order valence-corrected chi connectivity index (χ2v) is 14.0. The first kappa shape index (κ1) is 9.44. The minimum absolute atomic E-state index is 0.810. The first-order valence-corrected chi connectivity index (χ1v) is 9.31. The molecule has 64 valence electrons. The summed E-state index contributed by atoms with van der Waals surface area (Å²) in [6.07, 6.45) is 0.810. The first-order chi connectivity index (χ1) is 5.70. The van der Waals surface area contributed by atoms with Gasteiger partial charge in [0.05, 0.1) is 0 Å². The highest BCUT2D eigenvalue weighted by atomic mass is 29.3. The van der Waals surface area contributed by atoms with Crippen LogP contribution in [0.1, 0.15) is 0 Å². The summed E-state index contributed by atoms with van der Waals surface area (Å²) in [4.78, 5) is 0. The van der Waals surface area contributed by atoms with Crippen molar-refractivity contribution in [3.8, 4) is 0 Å². The minimum atomic E-state index is -1.84. The van der Waals surface area contributed by atoms with Gasteiger partial charge in [-0.15, -0.1) is 26.3 Å². The molecule has 12 heavy (non-hydrogen) atoms. The standard InChI is InChI=1S/C9H14OSi2/c1-5-11(6-2)9-10-12(11,7-3)8-4/h5-8H,1-4,9H2. The van der Waals surface area contributed by atoms with Gasteiger partial charge in [0.1, 0.15) is 0 Å². The van der Waals surface area contributed by atoms with Gasteiger partial charge < -0.3 is 4.43 Å². The highest BCUT2D eigenvalue weighted by Crippen LogP contribution is 2.34. The molecule has 0 aromatic carbocycles. The Morgan fingerprint density at radius 2 is 1.42 bits per heavy atom.